The van der Waals surface area contributed by atoms with Crippen molar-refractivity contribution in [3.05, 3.63) is 108 Å². The summed E-state index contributed by atoms with van der Waals surface area (Å²) in [6.45, 7) is 3.41. The molecule has 4 rings (SSSR count). The fraction of sp³-hybridized carbons (Fsp3) is 0.241. The molecule has 0 aliphatic carbocycles. The number of benzene rings is 3. The Morgan fingerprint density at radius 3 is 2.42 bits per heavy atom. The number of aliphatic hydroxyl groups is 1. The lowest BCUT2D eigenvalue weighted by atomic mass is 9.78. The van der Waals surface area contributed by atoms with E-state index in [0.29, 0.717) is 24.2 Å². The van der Waals surface area contributed by atoms with Gasteiger partial charge in [0.25, 0.3) is 0 Å². The lowest BCUT2D eigenvalue weighted by Crippen LogP contribution is -2.55. The van der Waals surface area contributed by atoms with Gasteiger partial charge in [0.15, 0.2) is 6.61 Å². The molecule has 186 valence electrons. The first-order chi connectivity index (χ1) is 17.5. The van der Waals surface area contributed by atoms with Crippen LogP contribution >= 0.6 is 0 Å². The second kappa shape index (κ2) is 11.6. The van der Waals surface area contributed by atoms with E-state index in [1.54, 1.807) is 29.2 Å². The van der Waals surface area contributed by atoms with Gasteiger partial charge in [0, 0.05) is 5.69 Å². The molecule has 0 radical (unpaired) electrons. The average Bonchev–Trinajstić information content (AvgIpc) is 2.90. The second-order valence-electron chi connectivity index (χ2n) is 8.57. The van der Waals surface area contributed by atoms with Crippen LogP contribution in [-0.2, 0) is 14.3 Å². The molecule has 6 nitrogen and oxygen atoms in total. The molecule has 1 N–H and O–H groups in total. The van der Waals surface area contributed by atoms with Crippen molar-refractivity contribution >= 4 is 17.6 Å². The minimum Gasteiger partial charge on any atom is -0.482 e. The molecular formula is C29H28FNO5. The van der Waals surface area contributed by atoms with E-state index in [2.05, 4.69) is 6.58 Å². The van der Waals surface area contributed by atoms with Crippen molar-refractivity contribution in [3.63, 3.8) is 0 Å². The SMILES string of the molecule is C=CCOC(=O)COc1ccc([C@@H]2[C@@H](CC[C@H](O)c3ccc(F)cc3)C(=O)N2c2ccccc2)cc1. The predicted octanol–water partition coefficient (Wildman–Crippen LogP) is 5.15. The smallest absolute Gasteiger partial charge is 0.344 e. The van der Waals surface area contributed by atoms with Crippen molar-refractivity contribution in [1.29, 1.82) is 0 Å². The van der Waals surface area contributed by atoms with Gasteiger partial charge in [-0.15, -0.1) is 0 Å². The predicted molar refractivity (Wildman–Crippen MR) is 134 cm³/mol. The van der Waals surface area contributed by atoms with Gasteiger partial charge in [0.1, 0.15) is 18.2 Å². The number of nitrogens with zero attached hydrogens (tertiary/aromatic N) is 1. The number of para-hydroxylation sites is 1. The Labute approximate surface area is 209 Å². The highest BCUT2D eigenvalue weighted by atomic mass is 19.1. The van der Waals surface area contributed by atoms with Crippen LogP contribution in [-0.4, -0.2) is 30.2 Å². The van der Waals surface area contributed by atoms with Crippen molar-refractivity contribution in [2.45, 2.75) is 25.0 Å². The van der Waals surface area contributed by atoms with Crippen molar-refractivity contribution in [3.8, 4) is 5.75 Å². The number of ether oxygens (including phenoxy) is 2. The molecule has 3 atom stereocenters. The molecule has 0 aromatic heterocycles. The maximum atomic E-state index is 13.2. The molecule has 0 spiro atoms. The molecule has 0 saturated carbocycles. The number of β-lactam (4-membered cyclic amide) rings is 1. The minimum absolute atomic E-state index is 0.0113. The van der Waals surface area contributed by atoms with Crippen LogP contribution in [0, 0.1) is 11.7 Å². The van der Waals surface area contributed by atoms with Crippen LogP contribution in [0.2, 0.25) is 0 Å². The zero-order valence-corrected chi connectivity index (χ0v) is 19.8. The maximum absolute atomic E-state index is 13.2. The molecule has 0 unspecified atom stereocenters. The van der Waals surface area contributed by atoms with Crippen LogP contribution in [0.3, 0.4) is 0 Å². The highest BCUT2D eigenvalue weighted by Crippen LogP contribution is 2.46. The van der Waals surface area contributed by atoms with E-state index < -0.39 is 12.1 Å². The standard InChI is InChI=1S/C29H28FNO5/c1-2-18-35-27(33)19-36-24-14-10-21(11-15-24)28-25(29(34)31(28)23-6-4-3-5-7-23)16-17-26(32)20-8-12-22(30)13-9-20/h2-15,25-26,28,32H,1,16-19H2/t25-,26+,28-/m1/s1. The van der Waals surface area contributed by atoms with Gasteiger partial charge < -0.3 is 19.5 Å². The van der Waals surface area contributed by atoms with Crippen LogP contribution in [0.25, 0.3) is 0 Å². The topological polar surface area (TPSA) is 76.1 Å². The highest BCUT2D eigenvalue weighted by molar-refractivity contribution is 6.03. The number of rotatable bonds is 11. The van der Waals surface area contributed by atoms with Gasteiger partial charge in [-0.1, -0.05) is 55.1 Å². The Morgan fingerprint density at radius 1 is 1.06 bits per heavy atom. The average molecular weight is 490 g/mol. The van der Waals surface area contributed by atoms with E-state index in [0.717, 1.165) is 11.3 Å². The number of carbonyl (C=O) groups excluding carboxylic acids is 2. The Morgan fingerprint density at radius 2 is 1.75 bits per heavy atom. The molecule has 1 aliphatic heterocycles. The third-order valence-corrected chi connectivity index (χ3v) is 6.19. The fourth-order valence-corrected chi connectivity index (χ4v) is 4.37. The molecular weight excluding hydrogens is 461 g/mol. The number of aliphatic hydroxyl groups excluding tert-OH is 1. The molecule has 1 amide bonds. The summed E-state index contributed by atoms with van der Waals surface area (Å²) < 4.78 is 23.6. The summed E-state index contributed by atoms with van der Waals surface area (Å²) >= 11 is 0. The minimum atomic E-state index is -0.790. The molecule has 3 aromatic rings. The Kier molecular flexibility index (Phi) is 8.13. The molecule has 7 heteroatoms. The summed E-state index contributed by atoms with van der Waals surface area (Å²) in [6.07, 6.45) is 1.54. The molecule has 0 bridgehead atoms. The summed E-state index contributed by atoms with van der Waals surface area (Å²) in [7, 11) is 0. The Bertz CT molecular complexity index is 1180. The zero-order chi connectivity index (χ0) is 25.5. The van der Waals surface area contributed by atoms with Crippen LogP contribution in [0.15, 0.2) is 91.5 Å². The molecule has 36 heavy (non-hydrogen) atoms. The number of esters is 1. The molecule has 3 aromatic carbocycles. The van der Waals surface area contributed by atoms with Crippen molar-refractivity contribution < 1.29 is 28.6 Å². The van der Waals surface area contributed by atoms with Crippen molar-refractivity contribution in [2.24, 2.45) is 5.92 Å². The molecule has 1 fully saturated rings. The number of carbonyl (C=O) groups is 2. The third kappa shape index (κ3) is 5.80. The number of halogens is 1. The fourth-order valence-electron chi connectivity index (χ4n) is 4.37. The Hall–Kier alpha value is -3.97. The lowest BCUT2D eigenvalue weighted by molar-refractivity contribution is -0.144. The summed E-state index contributed by atoms with van der Waals surface area (Å²) in [5.41, 5.74) is 2.34. The van der Waals surface area contributed by atoms with Crippen LogP contribution in [0.4, 0.5) is 10.1 Å². The van der Waals surface area contributed by atoms with E-state index in [-0.39, 0.29) is 36.9 Å². The van der Waals surface area contributed by atoms with Crippen LogP contribution in [0.5, 0.6) is 5.75 Å². The van der Waals surface area contributed by atoms with E-state index in [4.69, 9.17) is 9.47 Å². The van der Waals surface area contributed by atoms with E-state index in [9.17, 15) is 19.1 Å². The number of amides is 1. The maximum Gasteiger partial charge on any atom is 0.344 e. The van der Waals surface area contributed by atoms with Gasteiger partial charge in [-0.2, -0.15) is 0 Å². The van der Waals surface area contributed by atoms with Gasteiger partial charge >= 0.3 is 5.97 Å². The highest BCUT2D eigenvalue weighted by Gasteiger charge is 2.48. The number of hydrogen-bond acceptors (Lipinski definition) is 5. The van der Waals surface area contributed by atoms with E-state index in [1.807, 2.05) is 42.5 Å². The summed E-state index contributed by atoms with van der Waals surface area (Å²) in [5.74, 6) is -0.670. The monoisotopic (exact) mass is 489 g/mol. The quantitative estimate of drug-likeness (QED) is 0.229. The largest absolute Gasteiger partial charge is 0.482 e. The van der Waals surface area contributed by atoms with Gasteiger partial charge in [-0.3, -0.25) is 4.79 Å². The first kappa shape index (κ1) is 25.1. The van der Waals surface area contributed by atoms with Gasteiger partial charge in [0.2, 0.25) is 5.91 Å². The summed E-state index contributed by atoms with van der Waals surface area (Å²) in [6, 6.07) is 22.2. The Balaban J connectivity index is 1.47. The summed E-state index contributed by atoms with van der Waals surface area (Å²) in [4.78, 5) is 26.6. The third-order valence-electron chi connectivity index (χ3n) is 6.19. The first-order valence-electron chi connectivity index (χ1n) is 11.8. The van der Waals surface area contributed by atoms with E-state index in [1.165, 1.54) is 18.2 Å². The number of anilines is 1. The van der Waals surface area contributed by atoms with Crippen molar-refractivity contribution in [2.75, 3.05) is 18.1 Å². The molecule has 1 saturated heterocycles. The molecule has 1 aliphatic rings. The van der Waals surface area contributed by atoms with Crippen molar-refractivity contribution in [1.82, 2.24) is 0 Å². The van der Waals surface area contributed by atoms with Gasteiger partial charge in [-0.05, 0) is 60.4 Å². The summed E-state index contributed by atoms with van der Waals surface area (Å²) in [5, 5.41) is 10.6. The van der Waals surface area contributed by atoms with Gasteiger partial charge in [-0.25, -0.2) is 9.18 Å². The zero-order valence-electron chi connectivity index (χ0n) is 19.8. The van der Waals surface area contributed by atoms with E-state index >= 15 is 0 Å². The lowest BCUT2D eigenvalue weighted by Gasteiger charge is -2.48. The number of hydrogen-bond donors (Lipinski definition) is 1. The molecule has 1 heterocycles. The van der Waals surface area contributed by atoms with Gasteiger partial charge in [0.05, 0.1) is 18.1 Å². The first-order valence-corrected chi connectivity index (χ1v) is 11.8. The normalized spacial score (nSPS) is 17.7. The second-order valence-corrected chi connectivity index (χ2v) is 8.57. The van der Waals surface area contributed by atoms with Crippen LogP contribution < -0.4 is 9.64 Å². The van der Waals surface area contributed by atoms with Crippen LogP contribution in [0.1, 0.15) is 36.1 Å².